The van der Waals surface area contributed by atoms with Crippen molar-refractivity contribution in [1.29, 1.82) is 0 Å². The van der Waals surface area contributed by atoms with E-state index < -0.39 is 0 Å². The number of rotatable bonds is 6. The number of carbonyl (C=O) groups excluding carboxylic acids is 2. The van der Waals surface area contributed by atoms with E-state index in [1.807, 2.05) is 22.4 Å². The molecule has 4 rings (SSSR count). The summed E-state index contributed by atoms with van der Waals surface area (Å²) >= 11 is 1.49. The first-order valence-electron chi connectivity index (χ1n) is 9.26. The van der Waals surface area contributed by atoms with E-state index in [0.29, 0.717) is 18.3 Å². The van der Waals surface area contributed by atoms with Crippen molar-refractivity contribution in [2.75, 3.05) is 6.54 Å². The number of aromatic nitrogens is 3. The molecule has 0 radical (unpaired) electrons. The number of hydrogen-bond acceptors (Lipinski definition) is 5. The number of likely N-dealkylation sites (tertiary alicyclic amines) is 1. The molecule has 2 amide bonds. The van der Waals surface area contributed by atoms with Crippen molar-refractivity contribution in [2.45, 2.75) is 57.2 Å². The Kier molecular flexibility index (Phi) is 5.01. The summed E-state index contributed by atoms with van der Waals surface area (Å²) in [6, 6.07) is 4.33. The second kappa shape index (κ2) is 7.57. The van der Waals surface area contributed by atoms with Crippen molar-refractivity contribution in [3.8, 4) is 0 Å². The van der Waals surface area contributed by atoms with Gasteiger partial charge in [0.1, 0.15) is 0 Å². The summed E-state index contributed by atoms with van der Waals surface area (Å²) in [5, 5.41) is 12.9. The minimum absolute atomic E-state index is 0.132. The first-order chi connectivity index (χ1) is 12.7. The molecular formula is C18H23N5O2S. The van der Waals surface area contributed by atoms with E-state index in [9.17, 15) is 9.59 Å². The third-order valence-corrected chi connectivity index (χ3v) is 5.85. The Morgan fingerprint density at radius 3 is 2.92 bits per heavy atom. The fourth-order valence-electron chi connectivity index (χ4n) is 3.39. The van der Waals surface area contributed by atoms with Crippen LogP contribution in [0, 0.1) is 0 Å². The van der Waals surface area contributed by atoms with Gasteiger partial charge in [-0.05, 0) is 50.0 Å². The molecule has 1 N–H and O–H groups in total. The van der Waals surface area contributed by atoms with Crippen LogP contribution in [0.2, 0.25) is 0 Å². The zero-order valence-electron chi connectivity index (χ0n) is 14.6. The SMILES string of the molecule is O=C(NC1CC1)c1cn(CCC2CCCCN2C(=O)c2cccs2)nn1. The normalized spacial score (nSPS) is 20.2. The van der Waals surface area contributed by atoms with Gasteiger partial charge in [0.25, 0.3) is 11.8 Å². The van der Waals surface area contributed by atoms with Gasteiger partial charge in [0.2, 0.25) is 0 Å². The third kappa shape index (κ3) is 3.95. The average Bonchev–Trinajstić information content (AvgIpc) is 3.15. The summed E-state index contributed by atoms with van der Waals surface area (Å²) in [5.41, 5.74) is 0.368. The Balaban J connectivity index is 1.35. The zero-order valence-corrected chi connectivity index (χ0v) is 15.5. The van der Waals surface area contributed by atoms with E-state index in [1.165, 1.54) is 11.3 Å². The van der Waals surface area contributed by atoms with Gasteiger partial charge < -0.3 is 10.2 Å². The summed E-state index contributed by atoms with van der Waals surface area (Å²) in [6.07, 6.45) is 7.84. The van der Waals surface area contributed by atoms with E-state index in [4.69, 9.17) is 0 Å². The second-order valence-electron chi connectivity index (χ2n) is 7.03. The molecule has 1 aliphatic heterocycles. The summed E-state index contributed by atoms with van der Waals surface area (Å²) in [7, 11) is 0. The molecule has 0 aromatic carbocycles. The lowest BCUT2D eigenvalue weighted by atomic mass is 9.99. The highest BCUT2D eigenvalue weighted by molar-refractivity contribution is 7.12. The predicted molar refractivity (Wildman–Crippen MR) is 98.1 cm³/mol. The van der Waals surface area contributed by atoms with Crippen LogP contribution < -0.4 is 5.32 Å². The first-order valence-corrected chi connectivity index (χ1v) is 10.1. The monoisotopic (exact) mass is 373 g/mol. The summed E-state index contributed by atoms with van der Waals surface area (Å²) in [4.78, 5) is 27.6. The Labute approximate surface area is 156 Å². The molecule has 2 aromatic heterocycles. The summed E-state index contributed by atoms with van der Waals surface area (Å²) in [6.45, 7) is 1.47. The number of thiophene rings is 1. The molecule has 0 spiro atoms. The van der Waals surface area contributed by atoms with Crippen molar-refractivity contribution in [2.24, 2.45) is 0 Å². The van der Waals surface area contributed by atoms with E-state index in [0.717, 1.165) is 49.9 Å². The maximum atomic E-state index is 12.7. The molecule has 2 aromatic rings. The number of amides is 2. The third-order valence-electron chi connectivity index (χ3n) is 5.00. The molecule has 3 heterocycles. The van der Waals surface area contributed by atoms with E-state index >= 15 is 0 Å². The van der Waals surface area contributed by atoms with Crippen LogP contribution >= 0.6 is 11.3 Å². The fourth-order valence-corrected chi connectivity index (χ4v) is 4.07. The van der Waals surface area contributed by atoms with Crippen molar-refractivity contribution in [1.82, 2.24) is 25.2 Å². The van der Waals surface area contributed by atoms with Crippen LogP contribution in [0.5, 0.6) is 0 Å². The van der Waals surface area contributed by atoms with Gasteiger partial charge in [0.15, 0.2) is 5.69 Å². The largest absolute Gasteiger partial charge is 0.348 e. The minimum Gasteiger partial charge on any atom is -0.348 e. The Bertz CT molecular complexity index is 768. The Morgan fingerprint density at radius 1 is 1.27 bits per heavy atom. The molecular weight excluding hydrogens is 350 g/mol. The first kappa shape index (κ1) is 17.2. The number of nitrogens with one attached hydrogen (secondary N) is 1. The quantitative estimate of drug-likeness (QED) is 0.843. The highest BCUT2D eigenvalue weighted by atomic mass is 32.1. The molecule has 1 aliphatic carbocycles. The molecule has 26 heavy (non-hydrogen) atoms. The van der Waals surface area contributed by atoms with Gasteiger partial charge in [0.05, 0.1) is 11.1 Å². The van der Waals surface area contributed by atoms with Gasteiger partial charge >= 0.3 is 0 Å². The second-order valence-corrected chi connectivity index (χ2v) is 7.98. The van der Waals surface area contributed by atoms with Crippen molar-refractivity contribution < 1.29 is 9.59 Å². The zero-order chi connectivity index (χ0) is 17.9. The van der Waals surface area contributed by atoms with Gasteiger partial charge in [-0.25, -0.2) is 0 Å². The van der Waals surface area contributed by atoms with Crippen LogP contribution in [0.4, 0.5) is 0 Å². The lowest BCUT2D eigenvalue weighted by Crippen LogP contribution is -2.44. The molecule has 8 heteroatoms. The van der Waals surface area contributed by atoms with E-state index in [1.54, 1.807) is 10.9 Å². The van der Waals surface area contributed by atoms with Crippen LogP contribution in [0.3, 0.4) is 0 Å². The lowest BCUT2D eigenvalue weighted by Gasteiger charge is -2.35. The van der Waals surface area contributed by atoms with Gasteiger partial charge in [-0.1, -0.05) is 11.3 Å². The summed E-state index contributed by atoms with van der Waals surface area (Å²) < 4.78 is 1.71. The number of nitrogens with zero attached hydrogens (tertiary/aromatic N) is 4. The topological polar surface area (TPSA) is 80.1 Å². The maximum absolute atomic E-state index is 12.7. The van der Waals surface area contributed by atoms with Crippen LogP contribution in [-0.2, 0) is 6.54 Å². The molecule has 1 atom stereocenters. The number of carbonyl (C=O) groups is 2. The molecule has 1 unspecified atom stereocenters. The highest BCUT2D eigenvalue weighted by Gasteiger charge is 2.28. The fraction of sp³-hybridized carbons (Fsp3) is 0.556. The number of hydrogen-bond donors (Lipinski definition) is 1. The summed E-state index contributed by atoms with van der Waals surface area (Å²) in [5.74, 6) is -0.0151. The van der Waals surface area contributed by atoms with Crippen molar-refractivity contribution in [3.63, 3.8) is 0 Å². The maximum Gasteiger partial charge on any atom is 0.273 e. The number of aryl methyl sites for hydroxylation is 1. The van der Waals surface area contributed by atoms with Gasteiger partial charge in [0, 0.05) is 25.2 Å². The predicted octanol–water partition coefficient (Wildman–Crippen LogP) is 2.32. The van der Waals surface area contributed by atoms with Crippen LogP contribution in [0.1, 0.15) is 58.7 Å². The molecule has 0 bridgehead atoms. The standard InChI is InChI=1S/C18H23N5O2S/c24-17(19-13-6-7-13)15-12-22(21-20-15)10-8-14-4-1-2-9-23(14)18(25)16-5-3-11-26-16/h3,5,11-14H,1-2,4,6-10H2,(H,19,24). The lowest BCUT2D eigenvalue weighted by molar-refractivity contribution is 0.0598. The average molecular weight is 373 g/mol. The smallest absolute Gasteiger partial charge is 0.273 e. The van der Waals surface area contributed by atoms with Gasteiger partial charge in [-0.15, -0.1) is 16.4 Å². The molecule has 1 saturated carbocycles. The molecule has 7 nitrogen and oxygen atoms in total. The van der Waals surface area contributed by atoms with Gasteiger partial charge in [-0.2, -0.15) is 0 Å². The number of piperidine rings is 1. The van der Waals surface area contributed by atoms with E-state index in [-0.39, 0.29) is 17.9 Å². The van der Waals surface area contributed by atoms with Crippen molar-refractivity contribution >= 4 is 23.2 Å². The van der Waals surface area contributed by atoms with Crippen LogP contribution in [0.15, 0.2) is 23.7 Å². The molecule has 138 valence electrons. The Hall–Kier alpha value is -2.22. The molecule has 2 aliphatic rings. The van der Waals surface area contributed by atoms with Crippen LogP contribution in [-0.4, -0.2) is 50.3 Å². The van der Waals surface area contributed by atoms with E-state index in [2.05, 4.69) is 15.6 Å². The van der Waals surface area contributed by atoms with Crippen molar-refractivity contribution in [3.05, 3.63) is 34.3 Å². The molecule has 1 saturated heterocycles. The highest BCUT2D eigenvalue weighted by Crippen LogP contribution is 2.24. The van der Waals surface area contributed by atoms with Crippen LogP contribution in [0.25, 0.3) is 0 Å². The Morgan fingerprint density at radius 2 is 2.15 bits per heavy atom. The molecule has 2 fully saturated rings. The van der Waals surface area contributed by atoms with Gasteiger partial charge in [-0.3, -0.25) is 14.3 Å². The minimum atomic E-state index is -0.147.